The Kier molecular flexibility index (Phi) is 3.60. The molecule has 2 aromatic heterocycles. The fourth-order valence-electron chi connectivity index (χ4n) is 3.98. The molecular weight excluding hydrogens is 336 g/mol. The van der Waals surface area contributed by atoms with Gasteiger partial charge in [-0.3, -0.25) is 4.79 Å². The van der Waals surface area contributed by atoms with E-state index in [1.165, 1.54) is 5.56 Å². The molecule has 0 fully saturated rings. The number of nitrogens with zero attached hydrogens (tertiary/aromatic N) is 4. The zero-order chi connectivity index (χ0) is 18.4. The maximum Gasteiger partial charge on any atom is 0.185 e. The molecule has 0 saturated heterocycles. The summed E-state index contributed by atoms with van der Waals surface area (Å²) in [5.41, 5.74) is 6.11. The van der Waals surface area contributed by atoms with Gasteiger partial charge in [0.1, 0.15) is 0 Å². The van der Waals surface area contributed by atoms with Crippen LogP contribution in [0.25, 0.3) is 16.8 Å². The maximum atomic E-state index is 12.7. The van der Waals surface area contributed by atoms with Crippen molar-refractivity contribution in [3.63, 3.8) is 0 Å². The first-order valence-corrected chi connectivity index (χ1v) is 9.11. The third kappa shape index (κ3) is 2.54. The number of hydrogen-bond donors (Lipinski definition) is 0. The minimum atomic E-state index is 0.0360. The van der Waals surface area contributed by atoms with Crippen LogP contribution in [0.1, 0.15) is 39.8 Å². The summed E-state index contributed by atoms with van der Waals surface area (Å²) in [6.07, 6.45) is 1.19. The fourth-order valence-corrected chi connectivity index (χ4v) is 3.98. The van der Waals surface area contributed by atoms with Gasteiger partial charge in [0.05, 0.1) is 17.0 Å². The van der Waals surface area contributed by atoms with E-state index in [-0.39, 0.29) is 11.7 Å². The van der Waals surface area contributed by atoms with Gasteiger partial charge in [-0.15, -0.1) is 10.2 Å². The van der Waals surface area contributed by atoms with Crippen LogP contribution in [0.5, 0.6) is 0 Å². The summed E-state index contributed by atoms with van der Waals surface area (Å²) in [4.78, 5) is 12.7. The summed E-state index contributed by atoms with van der Waals surface area (Å²) in [6, 6.07) is 20.3. The predicted octanol–water partition coefficient (Wildman–Crippen LogP) is 4.01. The van der Waals surface area contributed by atoms with Gasteiger partial charge in [-0.25, -0.2) is 4.52 Å². The number of aryl methyl sites for hydroxylation is 1. The van der Waals surface area contributed by atoms with Gasteiger partial charge in [0, 0.05) is 6.42 Å². The summed E-state index contributed by atoms with van der Waals surface area (Å²) in [6.45, 7) is 1.97. The van der Waals surface area contributed by atoms with Crippen molar-refractivity contribution in [1.29, 1.82) is 0 Å². The predicted molar refractivity (Wildman–Crippen MR) is 103 cm³/mol. The van der Waals surface area contributed by atoms with Crippen LogP contribution < -0.4 is 0 Å². The van der Waals surface area contributed by atoms with Gasteiger partial charge in [0.2, 0.25) is 0 Å². The molecule has 5 nitrogen and oxygen atoms in total. The monoisotopic (exact) mass is 354 g/mol. The molecule has 2 heterocycles. The fraction of sp³-hybridized carbons (Fsp3) is 0.182. The van der Waals surface area contributed by atoms with Crippen molar-refractivity contribution in [1.82, 2.24) is 19.8 Å². The lowest BCUT2D eigenvalue weighted by atomic mass is 9.83. The molecule has 2 aromatic carbocycles. The van der Waals surface area contributed by atoms with E-state index in [4.69, 9.17) is 5.10 Å². The second-order valence-corrected chi connectivity index (χ2v) is 7.00. The summed E-state index contributed by atoms with van der Waals surface area (Å²) in [7, 11) is 0. The zero-order valence-corrected chi connectivity index (χ0v) is 15.0. The second-order valence-electron chi connectivity index (χ2n) is 7.00. The SMILES string of the molecule is Cc1nn2c3c(nnc2c1-c1ccccc1)C(=O)C[C@@H](c1ccccc1)C3. The molecular formula is C22H18N4O. The van der Waals surface area contributed by atoms with E-state index in [9.17, 15) is 4.79 Å². The third-order valence-electron chi connectivity index (χ3n) is 5.28. The van der Waals surface area contributed by atoms with Gasteiger partial charge in [0.25, 0.3) is 0 Å². The van der Waals surface area contributed by atoms with E-state index < -0.39 is 0 Å². The Morgan fingerprint density at radius 2 is 1.63 bits per heavy atom. The van der Waals surface area contributed by atoms with Gasteiger partial charge in [0.15, 0.2) is 17.1 Å². The molecule has 27 heavy (non-hydrogen) atoms. The van der Waals surface area contributed by atoms with Crippen molar-refractivity contribution in [3.8, 4) is 11.1 Å². The van der Waals surface area contributed by atoms with Crippen molar-refractivity contribution < 1.29 is 4.79 Å². The van der Waals surface area contributed by atoms with Crippen molar-refractivity contribution in [3.05, 3.63) is 83.3 Å². The number of hydrogen-bond acceptors (Lipinski definition) is 4. The largest absolute Gasteiger partial charge is 0.292 e. The lowest BCUT2D eigenvalue weighted by Crippen LogP contribution is -2.24. The van der Waals surface area contributed by atoms with Gasteiger partial charge in [-0.05, 0) is 30.4 Å². The third-order valence-corrected chi connectivity index (χ3v) is 5.28. The Morgan fingerprint density at radius 3 is 2.37 bits per heavy atom. The van der Waals surface area contributed by atoms with Gasteiger partial charge < -0.3 is 0 Å². The van der Waals surface area contributed by atoms with Crippen LogP contribution in [0.2, 0.25) is 0 Å². The summed E-state index contributed by atoms with van der Waals surface area (Å²) in [5.74, 6) is 0.178. The average molecular weight is 354 g/mol. The van der Waals surface area contributed by atoms with Crippen LogP contribution in [0.4, 0.5) is 0 Å². The Morgan fingerprint density at radius 1 is 0.926 bits per heavy atom. The standard InChI is InChI=1S/C22H18N4O/c1-14-20(16-10-6-3-7-11-16)22-24-23-21-18(26(22)25-14)12-17(13-19(21)27)15-8-4-2-5-9-15/h2-11,17H,12-13H2,1H3/t17-/m0/s1. The molecule has 1 aliphatic rings. The highest BCUT2D eigenvalue weighted by Crippen LogP contribution is 2.34. The van der Waals surface area contributed by atoms with Gasteiger partial charge in [-0.2, -0.15) is 5.10 Å². The van der Waals surface area contributed by atoms with E-state index >= 15 is 0 Å². The number of carbonyl (C=O) groups excluding carboxylic acids is 1. The zero-order valence-electron chi connectivity index (χ0n) is 15.0. The number of aromatic nitrogens is 4. The van der Waals surface area contributed by atoms with E-state index in [2.05, 4.69) is 22.3 Å². The van der Waals surface area contributed by atoms with Gasteiger partial charge >= 0.3 is 0 Å². The minimum absolute atomic E-state index is 0.0360. The van der Waals surface area contributed by atoms with Crippen LogP contribution in [0.15, 0.2) is 60.7 Å². The number of rotatable bonds is 2. The van der Waals surface area contributed by atoms with Crippen LogP contribution in [0, 0.1) is 6.92 Å². The highest BCUT2D eigenvalue weighted by Gasteiger charge is 2.31. The molecule has 0 radical (unpaired) electrons. The molecule has 0 N–H and O–H groups in total. The average Bonchev–Trinajstić information content (AvgIpc) is 3.05. The lowest BCUT2D eigenvalue weighted by molar-refractivity contribution is 0.0955. The smallest absolute Gasteiger partial charge is 0.185 e. The van der Waals surface area contributed by atoms with Crippen molar-refractivity contribution >= 4 is 11.4 Å². The molecule has 132 valence electrons. The first-order valence-electron chi connectivity index (χ1n) is 9.11. The first-order chi connectivity index (χ1) is 13.2. The van der Waals surface area contributed by atoms with Crippen LogP contribution in [-0.2, 0) is 6.42 Å². The van der Waals surface area contributed by atoms with Crippen molar-refractivity contribution in [2.45, 2.75) is 25.7 Å². The molecule has 5 rings (SSSR count). The second kappa shape index (κ2) is 6.13. The molecule has 5 heteroatoms. The number of benzene rings is 2. The van der Waals surface area contributed by atoms with Crippen molar-refractivity contribution in [2.24, 2.45) is 0 Å². The number of fused-ring (bicyclic) bond motifs is 3. The van der Waals surface area contributed by atoms with Gasteiger partial charge in [-0.1, -0.05) is 60.7 Å². The molecule has 1 aliphatic carbocycles. The topological polar surface area (TPSA) is 60.1 Å². The molecule has 1 atom stereocenters. The van der Waals surface area contributed by atoms with E-state index in [0.717, 1.165) is 28.9 Å². The Balaban J connectivity index is 1.69. The van der Waals surface area contributed by atoms with E-state index in [1.54, 1.807) is 0 Å². The van der Waals surface area contributed by atoms with Crippen molar-refractivity contribution in [2.75, 3.05) is 0 Å². The molecule has 0 aliphatic heterocycles. The molecule has 0 spiro atoms. The lowest BCUT2D eigenvalue weighted by Gasteiger charge is -2.23. The first kappa shape index (κ1) is 15.9. The maximum absolute atomic E-state index is 12.7. The highest BCUT2D eigenvalue weighted by molar-refractivity contribution is 5.97. The van der Waals surface area contributed by atoms with E-state index in [0.29, 0.717) is 17.8 Å². The summed E-state index contributed by atoms with van der Waals surface area (Å²) in [5, 5.41) is 13.4. The molecule has 0 unspecified atom stereocenters. The number of Topliss-reactive ketones (excluding diaryl/α,β-unsaturated/α-hetero) is 1. The molecule has 0 bridgehead atoms. The Labute approximate surface area is 156 Å². The highest BCUT2D eigenvalue weighted by atomic mass is 16.1. The molecule has 0 saturated carbocycles. The van der Waals surface area contributed by atoms with Crippen LogP contribution in [-0.4, -0.2) is 25.6 Å². The Hall–Kier alpha value is -3.34. The van der Waals surface area contributed by atoms with E-state index in [1.807, 2.05) is 60.0 Å². The van der Waals surface area contributed by atoms with Crippen LogP contribution in [0.3, 0.4) is 0 Å². The minimum Gasteiger partial charge on any atom is -0.292 e. The summed E-state index contributed by atoms with van der Waals surface area (Å²) >= 11 is 0. The Bertz CT molecular complexity index is 1150. The molecule has 4 aromatic rings. The number of ketones is 1. The summed E-state index contributed by atoms with van der Waals surface area (Å²) < 4.78 is 1.83. The normalized spacial score (nSPS) is 16.5. The van der Waals surface area contributed by atoms with Crippen LogP contribution >= 0.6 is 0 Å². The quantitative estimate of drug-likeness (QED) is 0.546. The number of carbonyl (C=O) groups is 1. The molecule has 0 amide bonds.